The highest BCUT2D eigenvalue weighted by Crippen LogP contribution is 2.26. The van der Waals surface area contributed by atoms with Crippen LogP contribution >= 0.6 is 0 Å². The van der Waals surface area contributed by atoms with Crippen LogP contribution in [-0.4, -0.2) is 11.7 Å². The van der Waals surface area contributed by atoms with Gasteiger partial charge in [0, 0.05) is 17.7 Å². The van der Waals surface area contributed by atoms with Gasteiger partial charge < -0.3 is 9.84 Å². The molecule has 0 radical (unpaired) electrons. The van der Waals surface area contributed by atoms with E-state index in [0.29, 0.717) is 0 Å². The van der Waals surface area contributed by atoms with Crippen LogP contribution < -0.4 is 5.32 Å². The lowest BCUT2D eigenvalue weighted by atomic mass is 10.0. The summed E-state index contributed by atoms with van der Waals surface area (Å²) in [5, 5.41) is 7.57. The Morgan fingerprint density at radius 1 is 1.17 bits per heavy atom. The predicted molar refractivity (Wildman–Crippen MR) is 73.3 cm³/mol. The largest absolute Gasteiger partial charge is 0.356 e. The van der Waals surface area contributed by atoms with Gasteiger partial charge >= 0.3 is 0 Å². The van der Waals surface area contributed by atoms with Crippen LogP contribution in [0.25, 0.3) is 11.3 Å². The molecule has 0 saturated carbocycles. The molecule has 2 aromatic rings. The number of nitrogens with one attached hydrogen (secondary N) is 1. The minimum atomic E-state index is 0.785. The van der Waals surface area contributed by atoms with Gasteiger partial charge in [0.25, 0.3) is 0 Å². The third kappa shape index (κ3) is 2.79. The van der Waals surface area contributed by atoms with Crippen molar-refractivity contribution in [2.45, 2.75) is 33.2 Å². The molecule has 0 saturated heterocycles. The number of aromatic nitrogens is 1. The molecule has 1 aromatic carbocycles. The number of hydrogen-bond donors (Lipinski definition) is 1. The van der Waals surface area contributed by atoms with E-state index in [-0.39, 0.29) is 0 Å². The molecule has 0 aliphatic heterocycles. The second kappa shape index (κ2) is 6.36. The smallest absolute Gasteiger partial charge is 0.170 e. The molecule has 0 aliphatic rings. The number of rotatable bonds is 6. The molecule has 0 spiro atoms. The lowest BCUT2D eigenvalue weighted by molar-refractivity contribution is 0.420. The van der Waals surface area contributed by atoms with Crippen LogP contribution in [0.15, 0.2) is 34.9 Å². The molecule has 0 fully saturated rings. The summed E-state index contributed by atoms with van der Waals surface area (Å²) in [4.78, 5) is 0. The van der Waals surface area contributed by atoms with Gasteiger partial charge in [-0.1, -0.05) is 49.3 Å². The van der Waals surface area contributed by atoms with E-state index in [1.165, 1.54) is 5.56 Å². The maximum absolute atomic E-state index is 5.51. The standard InChI is InChI=1S/C15H20N2O/c1-3-10-16-11-14-13(4-2)15(18-17-14)12-8-6-5-7-9-12/h5-9,16H,3-4,10-11H2,1-2H3. The van der Waals surface area contributed by atoms with Gasteiger partial charge in [-0.25, -0.2) is 0 Å². The molecule has 1 aromatic heterocycles. The highest BCUT2D eigenvalue weighted by atomic mass is 16.5. The molecule has 3 heteroatoms. The zero-order valence-electron chi connectivity index (χ0n) is 11.1. The fraction of sp³-hybridized carbons (Fsp3) is 0.400. The molecule has 1 heterocycles. The van der Waals surface area contributed by atoms with Crippen LogP contribution in [0, 0.1) is 0 Å². The van der Waals surface area contributed by atoms with Gasteiger partial charge in [-0.3, -0.25) is 0 Å². The molecule has 0 atom stereocenters. The molecular formula is C15H20N2O. The fourth-order valence-corrected chi connectivity index (χ4v) is 2.05. The maximum Gasteiger partial charge on any atom is 0.170 e. The molecular weight excluding hydrogens is 224 g/mol. The van der Waals surface area contributed by atoms with Crippen molar-refractivity contribution < 1.29 is 4.52 Å². The van der Waals surface area contributed by atoms with E-state index in [2.05, 4.69) is 36.5 Å². The molecule has 0 aliphatic carbocycles. The molecule has 3 nitrogen and oxygen atoms in total. The summed E-state index contributed by atoms with van der Waals surface area (Å²) in [5.74, 6) is 0.909. The first-order valence-corrected chi connectivity index (χ1v) is 6.60. The monoisotopic (exact) mass is 244 g/mol. The summed E-state index contributed by atoms with van der Waals surface area (Å²) in [7, 11) is 0. The van der Waals surface area contributed by atoms with E-state index < -0.39 is 0 Å². The highest BCUT2D eigenvalue weighted by Gasteiger charge is 2.15. The van der Waals surface area contributed by atoms with Crippen LogP contribution in [0.3, 0.4) is 0 Å². The van der Waals surface area contributed by atoms with Gasteiger partial charge in [0.1, 0.15) is 5.69 Å². The Morgan fingerprint density at radius 3 is 2.61 bits per heavy atom. The van der Waals surface area contributed by atoms with Crippen molar-refractivity contribution in [3.8, 4) is 11.3 Å². The van der Waals surface area contributed by atoms with E-state index in [1.54, 1.807) is 0 Å². The molecule has 0 amide bonds. The van der Waals surface area contributed by atoms with Crippen LogP contribution in [0.2, 0.25) is 0 Å². The van der Waals surface area contributed by atoms with Crippen molar-refractivity contribution in [3.05, 3.63) is 41.6 Å². The van der Waals surface area contributed by atoms with Crippen molar-refractivity contribution in [2.75, 3.05) is 6.54 Å². The quantitative estimate of drug-likeness (QED) is 0.791. The molecule has 2 rings (SSSR count). The average Bonchev–Trinajstić information content (AvgIpc) is 2.83. The maximum atomic E-state index is 5.51. The van der Waals surface area contributed by atoms with Crippen molar-refractivity contribution in [1.82, 2.24) is 10.5 Å². The minimum absolute atomic E-state index is 0.785. The Labute approximate surface area is 108 Å². The van der Waals surface area contributed by atoms with Crippen molar-refractivity contribution >= 4 is 0 Å². The zero-order valence-corrected chi connectivity index (χ0v) is 11.1. The Hall–Kier alpha value is -1.61. The van der Waals surface area contributed by atoms with E-state index in [4.69, 9.17) is 4.52 Å². The van der Waals surface area contributed by atoms with Crippen LogP contribution in [-0.2, 0) is 13.0 Å². The van der Waals surface area contributed by atoms with Crippen molar-refractivity contribution in [3.63, 3.8) is 0 Å². The lowest BCUT2D eigenvalue weighted by Crippen LogP contribution is -2.15. The number of benzene rings is 1. The van der Waals surface area contributed by atoms with Crippen molar-refractivity contribution in [1.29, 1.82) is 0 Å². The molecule has 0 unspecified atom stereocenters. The average molecular weight is 244 g/mol. The first-order valence-electron chi connectivity index (χ1n) is 6.60. The summed E-state index contributed by atoms with van der Waals surface area (Å²) in [5.41, 5.74) is 3.35. The highest BCUT2D eigenvalue weighted by molar-refractivity contribution is 5.61. The zero-order chi connectivity index (χ0) is 12.8. The van der Waals surface area contributed by atoms with Crippen LogP contribution in [0.4, 0.5) is 0 Å². The predicted octanol–water partition coefficient (Wildman–Crippen LogP) is 3.40. The third-order valence-electron chi connectivity index (χ3n) is 2.98. The second-order valence-electron chi connectivity index (χ2n) is 4.33. The topological polar surface area (TPSA) is 38.1 Å². The number of hydrogen-bond acceptors (Lipinski definition) is 3. The van der Waals surface area contributed by atoms with Gasteiger partial charge in [-0.15, -0.1) is 0 Å². The summed E-state index contributed by atoms with van der Waals surface area (Å²) in [6.07, 6.45) is 2.07. The van der Waals surface area contributed by atoms with E-state index in [9.17, 15) is 0 Å². The minimum Gasteiger partial charge on any atom is -0.356 e. The molecule has 96 valence electrons. The Kier molecular flexibility index (Phi) is 4.53. The van der Waals surface area contributed by atoms with E-state index >= 15 is 0 Å². The van der Waals surface area contributed by atoms with Crippen molar-refractivity contribution in [2.24, 2.45) is 0 Å². The SMILES string of the molecule is CCCNCc1noc(-c2ccccc2)c1CC. The Morgan fingerprint density at radius 2 is 1.94 bits per heavy atom. The molecule has 18 heavy (non-hydrogen) atoms. The normalized spacial score (nSPS) is 10.8. The first-order chi connectivity index (χ1) is 8.86. The van der Waals surface area contributed by atoms with Gasteiger partial charge in [0.15, 0.2) is 5.76 Å². The lowest BCUT2D eigenvalue weighted by Gasteiger charge is -2.02. The van der Waals surface area contributed by atoms with Crippen LogP contribution in [0.5, 0.6) is 0 Å². The Bertz CT molecular complexity index is 476. The molecule has 0 bridgehead atoms. The van der Waals surface area contributed by atoms with Gasteiger partial charge in [0.2, 0.25) is 0 Å². The summed E-state index contributed by atoms with van der Waals surface area (Å²) >= 11 is 0. The van der Waals surface area contributed by atoms with E-state index in [0.717, 1.165) is 42.9 Å². The second-order valence-corrected chi connectivity index (χ2v) is 4.33. The Balaban J connectivity index is 2.22. The summed E-state index contributed by atoms with van der Waals surface area (Å²) < 4.78 is 5.51. The number of nitrogens with zero attached hydrogens (tertiary/aromatic N) is 1. The van der Waals surface area contributed by atoms with Crippen LogP contribution in [0.1, 0.15) is 31.5 Å². The van der Waals surface area contributed by atoms with Gasteiger partial charge in [0.05, 0.1) is 0 Å². The molecule has 1 N–H and O–H groups in total. The first kappa shape index (κ1) is 12.8. The fourth-order valence-electron chi connectivity index (χ4n) is 2.05. The van der Waals surface area contributed by atoms with E-state index in [1.807, 2.05) is 18.2 Å². The van der Waals surface area contributed by atoms with Gasteiger partial charge in [-0.2, -0.15) is 0 Å². The summed E-state index contributed by atoms with van der Waals surface area (Å²) in [6.45, 7) is 6.10. The summed E-state index contributed by atoms with van der Waals surface area (Å²) in [6, 6.07) is 10.2. The van der Waals surface area contributed by atoms with Gasteiger partial charge in [-0.05, 0) is 19.4 Å². The third-order valence-corrected chi connectivity index (χ3v) is 2.98.